The molecule has 7 heteroatoms. The van der Waals surface area contributed by atoms with Crippen LogP contribution >= 0.6 is 34.5 Å². The third-order valence-electron chi connectivity index (χ3n) is 3.55. The Morgan fingerprint density at radius 1 is 1.00 bits per heavy atom. The molecule has 0 spiro atoms. The molecule has 3 aromatic rings. The van der Waals surface area contributed by atoms with Crippen molar-refractivity contribution in [2.24, 2.45) is 0 Å². The molecule has 0 atom stereocenters. The molecular formula is C19H9Cl2N3OS. The molecule has 0 radical (unpaired) electrons. The molecule has 0 unspecified atom stereocenters. The van der Waals surface area contributed by atoms with Crippen molar-refractivity contribution in [2.45, 2.75) is 0 Å². The highest BCUT2D eigenvalue weighted by Gasteiger charge is 2.12. The zero-order valence-electron chi connectivity index (χ0n) is 13.1. The first kappa shape index (κ1) is 18.0. The van der Waals surface area contributed by atoms with Crippen LogP contribution in [0.1, 0.15) is 5.56 Å². The van der Waals surface area contributed by atoms with E-state index in [2.05, 4.69) is 0 Å². The van der Waals surface area contributed by atoms with Gasteiger partial charge in [-0.3, -0.25) is 9.36 Å². The van der Waals surface area contributed by atoms with Gasteiger partial charge >= 0.3 is 0 Å². The molecule has 0 N–H and O–H groups in total. The van der Waals surface area contributed by atoms with Crippen molar-refractivity contribution in [2.75, 3.05) is 0 Å². The summed E-state index contributed by atoms with van der Waals surface area (Å²) in [4.78, 5) is 13.0. The molecule has 3 rings (SSSR count). The first-order valence-electron chi connectivity index (χ1n) is 7.34. The molecule has 0 aliphatic rings. The molecule has 2 aromatic carbocycles. The molecule has 4 nitrogen and oxygen atoms in total. The van der Waals surface area contributed by atoms with Crippen LogP contribution in [0.15, 0.2) is 53.3 Å². The number of para-hydroxylation sites is 1. The number of hydrogen-bond acceptors (Lipinski definition) is 4. The van der Waals surface area contributed by atoms with Crippen molar-refractivity contribution in [3.63, 3.8) is 0 Å². The Hall–Kier alpha value is -2.83. The van der Waals surface area contributed by atoms with E-state index in [1.165, 1.54) is 4.57 Å². The highest BCUT2D eigenvalue weighted by atomic mass is 35.5. The third-order valence-corrected chi connectivity index (χ3v) is 5.30. The first-order valence-corrected chi connectivity index (χ1v) is 8.91. The zero-order valence-corrected chi connectivity index (χ0v) is 15.4. The minimum absolute atomic E-state index is 0.138. The largest absolute Gasteiger partial charge is 0.273 e. The highest BCUT2D eigenvalue weighted by Crippen LogP contribution is 2.24. The van der Waals surface area contributed by atoms with Crippen LogP contribution in [-0.4, -0.2) is 4.57 Å². The van der Waals surface area contributed by atoms with Gasteiger partial charge < -0.3 is 0 Å². The smallest absolute Gasteiger partial charge is 0.267 e. The standard InChI is InChI=1S/C19H9Cl2N3OS/c20-15-7-4-8-16(21)14(15)9-17-18(25)24(13-5-2-1-3-6-13)19(26-17)12(10-22)11-23/h1-9H/b17-9-. The lowest BCUT2D eigenvalue weighted by molar-refractivity contribution is 0.988. The van der Waals surface area contributed by atoms with E-state index in [0.717, 1.165) is 11.3 Å². The van der Waals surface area contributed by atoms with Gasteiger partial charge in [-0.05, 0) is 30.3 Å². The Morgan fingerprint density at radius 3 is 2.19 bits per heavy atom. The topological polar surface area (TPSA) is 69.6 Å². The molecule has 126 valence electrons. The monoisotopic (exact) mass is 397 g/mol. The van der Waals surface area contributed by atoms with Crippen molar-refractivity contribution in [1.82, 2.24) is 4.57 Å². The van der Waals surface area contributed by atoms with Gasteiger partial charge in [0.2, 0.25) is 0 Å². The maximum Gasteiger partial charge on any atom is 0.273 e. The number of aromatic nitrogens is 1. The van der Waals surface area contributed by atoms with E-state index in [9.17, 15) is 15.3 Å². The summed E-state index contributed by atoms with van der Waals surface area (Å²) in [5.74, 6) is 0. The van der Waals surface area contributed by atoms with Gasteiger partial charge in [0.05, 0.1) is 10.2 Å². The number of thiazole rings is 1. The van der Waals surface area contributed by atoms with Crippen molar-refractivity contribution < 1.29 is 0 Å². The Kier molecular flexibility index (Phi) is 5.25. The second-order valence-electron chi connectivity index (χ2n) is 5.13. The average Bonchev–Trinajstić information content (AvgIpc) is 2.96. The van der Waals surface area contributed by atoms with E-state index < -0.39 is 0 Å². The Labute approximate surface area is 162 Å². The number of hydrogen-bond donors (Lipinski definition) is 0. The minimum atomic E-state index is -0.352. The molecular weight excluding hydrogens is 389 g/mol. The third kappa shape index (κ3) is 3.29. The van der Waals surface area contributed by atoms with Crippen LogP contribution in [0.25, 0.3) is 17.3 Å². The van der Waals surface area contributed by atoms with Crippen LogP contribution in [0.3, 0.4) is 0 Å². The van der Waals surface area contributed by atoms with Crippen molar-refractivity contribution in [3.05, 3.63) is 83.7 Å². The summed E-state index contributed by atoms with van der Waals surface area (Å²) in [7, 11) is 0. The predicted molar refractivity (Wildman–Crippen MR) is 104 cm³/mol. The summed E-state index contributed by atoms with van der Waals surface area (Å²) in [5, 5.41) is 19.3. The average molecular weight is 398 g/mol. The van der Waals surface area contributed by atoms with Crippen LogP contribution < -0.4 is 14.8 Å². The van der Waals surface area contributed by atoms with Crippen LogP contribution in [0, 0.1) is 22.7 Å². The fraction of sp³-hybridized carbons (Fsp3) is 0. The van der Waals surface area contributed by atoms with Crippen molar-refractivity contribution in [3.8, 4) is 17.8 Å². The molecule has 0 fully saturated rings. The SMILES string of the molecule is N#CC(C#N)=c1s/c(=C\c2c(Cl)cccc2Cl)c(=O)n1-c1ccccc1. The zero-order chi connectivity index (χ0) is 18.7. The molecule has 0 saturated heterocycles. The summed E-state index contributed by atoms with van der Waals surface area (Å²) in [6.07, 6.45) is 1.58. The molecule has 0 bridgehead atoms. The van der Waals surface area contributed by atoms with E-state index in [0.29, 0.717) is 25.8 Å². The number of nitrogens with zero attached hydrogens (tertiary/aromatic N) is 3. The second-order valence-corrected chi connectivity index (χ2v) is 6.97. The van der Waals surface area contributed by atoms with Gasteiger partial charge in [0.25, 0.3) is 5.56 Å². The van der Waals surface area contributed by atoms with Gasteiger partial charge in [0.15, 0.2) is 5.57 Å². The molecule has 1 heterocycles. The van der Waals surface area contributed by atoms with E-state index in [4.69, 9.17) is 23.2 Å². The lowest BCUT2D eigenvalue weighted by Gasteiger charge is -2.01. The summed E-state index contributed by atoms with van der Waals surface area (Å²) < 4.78 is 1.94. The van der Waals surface area contributed by atoms with Crippen LogP contribution in [0.4, 0.5) is 0 Å². The Bertz CT molecular complexity index is 1210. The lowest BCUT2D eigenvalue weighted by Crippen LogP contribution is -2.30. The van der Waals surface area contributed by atoms with Gasteiger partial charge in [-0.2, -0.15) is 10.5 Å². The number of halogens is 2. The quantitative estimate of drug-likeness (QED) is 0.666. The molecule has 0 amide bonds. The molecule has 1 aromatic heterocycles. The molecule has 0 saturated carbocycles. The van der Waals surface area contributed by atoms with Gasteiger partial charge in [-0.15, -0.1) is 11.3 Å². The van der Waals surface area contributed by atoms with Crippen molar-refractivity contribution in [1.29, 1.82) is 10.5 Å². The number of rotatable bonds is 2. The Balaban J connectivity index is 2.45. The summed E-state index contributed by atoms with van der Waals surface area (Å²) >= 11 is 13.4. The van der Waals surface area contributed by atoms with Crippen LogP contribution in [0.5, 0.6) is 0 Å². The van der Waals surface area contributed by atoms with Gasteiger partial charge in [0.1, 0.15) is 16.8 Å². The first-order chi connectivity index (χ1) is 12.6. The van der Waals surface area contributed by atoms with E-state index in [1.807, 2.05) is 18.2 Å². The normalized spacial score (nSPS) is 11.0. The van der Waals surface area contributed by atoms with Crippen LogP contribution in [0.2, 0.25) is 10.0 Å². The highest BCUT2D eigenvalue weighted by molar-refractivity contribution is 7.07. The van der Waals surface area contributed by atoms with E-state index in [-0.39, 0.29) is 15.8 Å². The number of nitriles is 2. The van der Waals surface area contributed by atoms with E-state index in [1.54, 1.807) is 48.5 Å². The second kappa shape index (κ2) is 7.59. The molecule has 0 aliphatic heterocycles. The minimum Gasteiger partial charge on any atom is -0.267 e. The van der Waals surface area contributed by atoms with Crippen LogP contribution in [-0.2, 0) is 0 Å². The maximum absolute atomic E-state index is 13.0. The Morgan fingerprint density at radius 2 is 1.62 bits per heavy atom. The maximum atomic E-state index is 13.0. The van der Waals surface area contributed by atoms with Crippen molar-refractivity contribution >= 4 is 46.2 Å². The molecule has 26 heavy (non-hydrogen) atoms. The van der Waals surface area contributed by atoms with E-state index >= 15 is 0 Å². The summed E-state index contributed by atoms with van der Waals surface area (Å²) in [5.41, 5.74) is 0.587. The fourth-order valence-corrected chi connectivity index (χ4v) is 3.91. The fourth-order valence-electron chi connectivity index (χ4n) is 2.36. The predicted octanol–water partition coefficient (Wildman–Crippen LogP) is 3.23. The summed E-state index contributed by atoms with van der Waals surface area (Å²) in [6, 6.07) is 17.6. The molecule has 0 aliphatic carbocycles. The van der Waals surface area contributed by atoms with Gasteiger partial charge in [0, 0.05) is 15.6 Å². The van der Waals surface area contributed by atoms with Gasteiger partial charge in [-0.25, -0.2) is 0 Å². The lowest BCUT2D eigenvalue weighted by atomic mass is 10.2. The van der Waals surface area contributed by atoms with Gasteiger partial charge in [-0.1, -0.05) is 47.5 Å². The number of benzene rings is 2. The summed E-state index contributed by atoms with van der Waals surface area (Å²) in [6.45, 7) is 0.